The predicted octanol–water partition coefficient (Wildman–Crippen LogP) is -1.35. The fourth-order valence-corrected chi connectivity index (χ4v) is 0. The van der Waals surface area contributed by atoms with Crippen LogP contribution in [-0.4, -0.2) is 38.5 Å². The van der Waals surface area contributed by atoms with Crippen LogP contribution in [0.25, 0.3) is 0 Å². The summed E-state index contributed by atoms with van der Waals surface area (Å²) in [5.41, 5.74) is 0. The number of hydrogen-bond donors (Lipinski definition) is 1. The van der Waals surface area contributed by atoms with E-state index in [1.54, 1.807) is 0 Å². The molecule has 0 saturated heterocycles. The minimum absolute atomic E-state index is 0. The first-order valence-electron chi connectivity index (χ1n) is 1.00. The van der Waals surface area contributed by atoms with Gasteiger partial charge in [0.2, 0.25) is 0 Å². The molecule has 0 aliphatic heterocycles. The van der Waals surface area contributed by atoms with Gasteiger partial charge in [-0.25, -0.2) is 0 Å². The SMILES string of the molecule is CNC.[SbH3]. The van der Waals surface area contributed by atoms with Gasteiger partial charge in [0.25, 0.3) is 0 Å². The molecule has 0 saturated carbocycles. The second kappa shape index (κ2) is 9.22. The molecule has 0 amide bonds. The molecule has 1 nitrogen and oxygen atoms in total. The van der Waals surface area contributed by atoms with Crippen LogP contribution in [0.4, 0.5) is 0 Å². The molecule has 0 aromatic heterocycles. The van der Waals surface area contributed by atoms with Gasteiger partial charge in [0.15, 0.2) is 0 Å². The third kappa shape index (κ3) is 14.5. The van der Waals surface area contributed by atoms with Crippen molar-refractivity contribution in [3.05, 3.63) is 0 Å². The number of rotatable bonds is 0. The molecule has 0 aliphatic rings. The standard InChI is InChI=1S/C2H7N.Sb.3H/c1-3-2;;;;/h3H,1-2H3;;;;. The summed E-state index contributed by atoms with van der Waals surface area (Å²) in [5, 5.41) is 2.75. The first kappa shape index (κ1) is 8.84. The van der Waals surface area contributed by atoms with Gasteiger partial charge in [0.05, 0.1) is 0 Å². The monoisotopic (exact) mass is 169 g/mol. The van der Waals surface area contributed by atoms with Gasteiger partial charge in [0.1, 0.15) is 0 Å². The summed E-state index contributed by atoms with van der Waals surface area (Å²) in [6.07, 6.45) is 0. The van der Waals surface area contributed by atoms with E-state index in [9.17, 15) is 0 Å². The van der Waals surface area contributed by atoms with Crippen molar-refractivity contribution < 1.29 is 0 Å². The Morgan fingerprint density at radius 2 is 1.25 bits per heavy atom. The van der Waals surface area contributed by atoms with Gasteiger partial charge in [-0.2, -0.15) is 0 Å². The average molecular weight is 170 g/mol. The van der Waals surface area contributed by atoms with E-state index >= 15 is 0 Å². The van der Waals surface area contributed by atoms with Gasteiger partial charge in [-0.1, -0.05) is 0 Å². The maximum atomic E-state index is 2.75. The first-order valence-corrected chi connectivity index (χ1v) is 1.00. The summed E-state index contributed by atoms with van der Waals surface area (Å²) in [6, 6.07) is 0. The van der Waals surface area contributed by atoms with Gasteiger partial charge >= 0.3 is 24.4 Å². The molecule has 0 aromatic carbocycles. The summed E-state index contributed by atoms with van der Waals surface area (Å²) < 4.78 is 0. The zero-order valence-corrected chi connectivity index (χ0v) is 7.24. The van der Waals surface area contributed by atoms with Gasteiger partial charge < -0.3 is 5.32 Å². The maximum absolute atomic E-state index is 2.75. The van der Waals surface area contributed by atoms with Crippen molar-refractivity contribution in [3.63, 3.8) is 0 Å². The van der Waals surface area contributed by atoms with Crippen LogP contribution in [-0.2, 0) is 0 Å². The Morgan fingerprint density at radius 1 is 1.25 bits per heavy atom. The van der Waals surface area contributed by atoms with E-state index in [1.165, 1.54) is 0 Å². The zero-order valence-electron chi connectivity index (χ0n) is 3.21. The van der Waals surface area contributed by atoms with Crippen LogP contribution >= 0.6 is 0 Å². The Kier molecular flexibility index (Phi) is 20.4. The van der Waals surface area contributed by atoms with Crippen LogP contribution in [0, 0.1) is 0 Å². The fraction of sp³-hybridized carbons (Fsp3) is 1.00. The molecule has 0 aliphatic carbocycles. The molecule has 0 atom stereocenters. The molecule has 1 N–H and O–H groups in total. The third-order valence-electron chi connectivity index (χ3n) is 0. The molecule has 0 aromatic rings. The van der Waals surface area contributed by atoms with Crippen molar-refractivity contribution in [2.24, 2.45) is 0 Å². The molecule has 0 fully saturated rings. The molecule has 28 valence electrons. The summed E-state index contributed by atoms with van der Waals surface area (Å²) in [4.78, 5) is 0. The molecule has 0 heterocycles. The Balaban J connectivity index is 0. The van der Waals surface area contributed by atoms with E-state index in [2.05, 4.69) is 5.32 Å². The van der Waals surface area contributed by atoms with Crippen LogP contribution in [0.2, 0.25) is 0 Å². The van der Waals surface area contributed by atoms with Crippen molar-refractivity contribution in [1.29, 1.82) is 0 Å². The van der Waals surface area contributed by atoms with Crippen molar-refractivity contribution in [2.45, 2.75) is 0 Å². The fourth-order valence-electron chi connectivity index (χ4n) is 0. The average Bonchev–Trinajstić information content (AvgIpc) is 0.918. The minimum atomic E-state index is 0. The van der Waals surface area contributed by atoms with Crippen LogP contribution < -0.4 is 5.32 Å². The molecule has 0 rings (SSSR count). The summed E-state index contributed by atoms with van der Waals surface area (Å²) in [6.45, 7) is 0. The molecular weight excluding hydrogens is 160 g/mol. The van der Waals surface area contributed by atoms with E-state index < -0.39 is 0 Å². The van der Waals surface area contributed by atoms with Gasteiger partial charge in [-0.05, 0) is 14.1 Å². The van der Waals surface area contributed by atoms with E-state index in [-0.39, 0.29) is 24.4 Å². The molecule has 2 heteroatoms. The number of hydrogen-bond acceptors (Lipinski definition) is 1. The Bertz CT molecular complexity index is 6.00. The molecule has 0 radical (unpaired) electrons. The first-order chi connectivity index (χ1) is 1.41. The van der Waals surface area contributed by atoms with Crippen molar-refractivity contribution in [2.75, 3.05) is 14.1 Å². The van der Waals surface area contributed by atoms with Gasteiger partial charge in [-0.15, -0.1) is 0 Å². The van der Waals surface area contributed by atoms with Crippen LogP contribution in [0.15, 0.2) is 0 Å². The van der Waals surface area contributed by atoms with Gasteiger partial charge in [-0.3, -0.25) is 0 Å². The van der Waals surface area contributed by atoms with Crippen LogP contribution in [0.5, 0.6) is 0 Å². The van der Waals surface area contributed by atoms with Crippen molar-refractivity contribution in [3.8, 4) is 0 Å². The summed E-state index contributed by atoms with van der Waals surface area (Å²) >= 11 is 0. The second-order valence-corrected chi connectivity index (χ2v) is 0.500. The predicted molar refractivity (Wildman–Crippen MR) is 24.9 cm³/mol. The van der Waals surface area contributed by atoms with E-state index in [4.69, 9.17) is 0 Å². The third-order valence-corrected chi connectivity index (χ3v) is 0. The molecule has 0 bridgehead atoms. The molecule has 0 unspecified atom stereocenters. The molecule has 0 spiro atoms. The van der Waals surface area contributed by atoms with Gasteiger partial charge in [0, 0.05) is 0 Å². The van der Waals surface area contributed by atoms with Crippen molar-refractivity contribution >= 4 is 24.4 Å². The topological polar surface area (TPSA) is 12.0 Å². The van der Waals surface area contributed by atoms with Crippen LogP contribution in [0.1, 0.15) is 0 Å². The quantitative estimate of drug-likeness (QED) is 0.443. The normalized spacial score (nSPS) is 4.50. The van der Waals surface area contributed by atoms with E-state index in [1.807, 2.05) is 14.1 Å². The molecular formula is C2H10NSb. The van der Waals surface area contributed by atoms with E-state index in [0.717, 1.165) is 0 Å². The number of nitrogens with one attached hydrogen (secondary N) is 1. The Morgan fingerprint density at radius 3 is 1.25 bits per heavy atom. The molecule has 4 heavy (non-hydrogen) atoms. The van der Waals surface area contributed by atoms with E-state index in [0.29, 0.717) is 0 Å². The Labute approximate surface area is 44.2 Å². The summed E-state index contributed by atoms with van der Waals surface area (Å²) in [5.74, 6) is 0. The van der Waals surface area contributed by atoms with Crippen LogP contribution in [0.3, 0.4) is 0 Å². The Hall–Kier alpha value is 0.778. The second-order valence-electron chi connectivity index (χ2n) is 0.500. The zero-order chi connectivity index (χ0) is 2.71. The van der Waals surface area contributed by atoms with Crippen molar-refractivity contribution in [1.82, 2.24) is 5.32 Å². The summed E-state index contributed by atoms with van der Waals surface area (Å²) in [7, 11) is 3.75.